The predicted octanol–water partition coefficient (Wildman–Crippen LogP) is 3.81. The standard InChI is InChI=1S/C17H16N2OS/c18-17(19)16-10-13-6-7-14(11-15(13)21-16)20-9-8-12-4-2-1-3-5-12/h1-7,10-11H,8-9H2,(H3,18,19). The number of nitrogens with one attached hydrogen (secondary N) is 1. The topological polar surface area (TPSA) is 59.1 Å². The maximum atomic E-state index is 7.48. The Kier molecular flexibility index (Phi) is 3.88. The van der Waals surface area contributed by atoms with Gasteiger partial charge in [0.15, 0.2) is 0 Å². The molecule has 21 heavy (non-hydrogen) atoms. The second kappa shape index (κ2) is 5.97. The molecule has 0 bridgehead atoms. The van der Waals surface area contributed by atoms with Crippen LogP contribution >= 0.6 is 11.3 Å². The van der Waals surface area contributed by atoms with E-state index in [4.69, 9.17) is 15.9 Å². The number of rotatable bonds is 5. The van der Waals surface area contributed by atoms with Gasteiger partial charge in [0.05, 0.1) is 11.5 Å². The van der Waals surface area contributed by atoms with Crippen LogP contribution in [0.5, 0.6) is 5.75 Å². The molecule has 0 aliphatic heterocycles. The number of nitrogen functional groups attached to an aromatic ring is 1. The Morgan fingerprint density at radius 1 is 1.10 bits per heavy atom. The van der Waals surface area contributed by atoms with Gasteiger partial charge in [0.2, 0.25) is 0 Å². The molecule has 0 amide bonds. The molecule has 0 aliphatic carbocycles. The van der Waals surface area contributed by atoms with Gasteiger partial charge in [-0.25, -0.2) is 0 Å². The summed E-state index contributed by atoms with van der Waals surface area (Å²) in [5.74, 6) is 0.970. The molecule has 3 aromatic rings. The highest BCUT2D eigenvalue weighted by atomic mass is 32.1. The van der Waals surface area contributed by atoms with Crippen molar-refractivity contribution in [3.8, 4) is 5.75 Å². The third-order valence-corrected chi connectivity index (χ3v) is 4.39. The van der Waals surface area contributed by atoms with Crippen LogP contribution in [0, 0.1) is 5.41 Å². The largest absolute Gasteiger partial charge is 0.493 e. The third kappa shape index (κ3) is 3.23. The molecule has 3 rings (SSSR count). The molecule has 4 heteroatoms. The molecule has 0 aliphatic rings. The number of benzene rings is 2. The summed E-state index contributed by atoms with van der Waals surface area (Å²) < 4.78 is 6.90. The van der Waals surface area contributed by atoms with Crippen molar-refractivity contribution in [2.75, 3.05) is 6.61 Å². The Labute approximate surface area is 127 Å². The normalized spacial score (nSPS) is 10.7. The first-order valence-corrected chi connectivity index (χ1v) is 7.59. The Bertz CT molecular complexity index is 765. The van der Waals surface area contributed by atoms with E-state index >= 15 is 0 Å². The van der Waals surface area contributed by atoms with Crippen molar-refractivity contribution in [1.82, 2.24) is 0 Å². The highest BCUT2D eigenvalue weighted by Crippen LogP contribution is 2.29. The molecule has 0 fully saturated rings. The predicted molar refractivity (Wildman–Crippen MR) is 88.5 cm³/mol. The molecule has 0 radical (unpaired) electrons. The van der Waals surface area contributed by atoms with Crippen LogP contribution in [0.3, 0.4) is 0 Å². The summed E-state index contributed by atoms with van der Waals surface area (Å²) in [6, 6.07) is 18.2. The Morgan fingerprint density at radius 3 is 2.67 bits per heavy atom. The lowest BCUT2D eigenvalue weighted by Crippen LogP contribution is -2.08. The molecule has 3 nitrogen and oxygen atoms in total. The van der Waals surface area contributed by atoms with Crippen LogP contribution in [-0.4, -0.2) is 12.4 Å². The molecular formula is C17H16N2OS. The smallest absolute Gasteiger partial charge is 0.133 e. The monoisotopic (exact) mass is 296 g/mol. The Hall–Kier alpha value is -2.33. The number of amidine groups is 1. The van der Waals surface area contributed by atoms with Gasteiger partial charge in [-0.2, -0.15) is 0 Å². The third-order valence-electron chi connectivity index (χ3n) is 3.26. The second-order valence-electron chi connectivity index (χ2n) is 4.81. The molecule has 106 valence electrons. The van der Waals surface area contributed by atoms with Gasteiger partial charge < -0.3 is 10.5 Å². The number of hydrogen-bond donors (Lipinski definition) is 2. The highest BCUT2D eigenvalue weighted by Gasteiger charge is 2.05. The zero-order valence-corrected chi connectivity index (χ0v) is 12.3. The van der Waals surface area contributed by atoms with Crippen molar-refractivity contribution >= 4 is 27.3 Å². The van der Waals surface area contributed by atoms with E-state index in [1.54, 1.807) is 0 Å². The SMILES string of the molecule is N=C(N)c1cc2ccc(OCCc3ccccc3)cc2s1. The first kappa shape index (κ1) is 13.6. The molecule has 0 saturated carbocycles. The highest BCUT2D eigenvalue weighted by molar-refractivity contribution is 7.20. The van der Waals surface area contributed by atoms with Gasteiger partial charge in [0.25, 0.3) is 0 Å². The van der Waals surface area contributed by atoms with E-state index in [-0.39, 0.29) is 5.84 Å². The van der Waals surface area contributed by atoms with Crippen LogP contribution in [-0.2, 0) is 6.42 Å². The van der Waals surface area contributed by atoms with Crippen molar-refractivity contribution in [1.29, 1.82) is 5.41 Å². The van der Waals surface area contributed by atoms with Crippen LogP contribution in [0.2, 0.25) is 0 Å². The van der Waals surface area contributed by atoms with E-state index in [0.29, 0.717) is 6.61 Å². The van der Waals surface area contributed by atoms with E-state index in [0.717, 1.165) is 27.1 Å². The molecule has 1 aromatic heterocycles. The van der Waals surface area contributed by atoms with Gasteiger partial charge in [0.1, 0.15) is 11.6 Å². The Morgan fingerprint density at radius 2 is 1.90 bits per heavy atom. The minimum atomic E-state index is 0.114. The van der Waals surface area contributed by atoms with Gasteiger partial charge in [0, 0.05) is 11.1 Å². The summed E-state index contributed by atoms with van der Waals surface area (Å²) in [4.78, 5) is 0.798. The summed E-state index contributed by atoms with van der Waals surface area (Å²) in [7, 11) is 0. The molecule has 0 atom stereocenters. The van der Waals surface area contributed by atoms with Gasteiger partial charge in [-0.05, 0) is 35.2 Å². The van der Waals surface area contributed by atoms with Gasteiger partial charge in [-0.3, -0.25) is 5.41 Å². The number of fused-ring (bicyclic) bond motifs is 1. The Balaban J connectivity index is 1.68. The molecule has 0 saturated heterocycles. The molecule has 0 unspecified atom stereocenters. The molecular weight excluding hydrogens is 280 g/mol. The van der Waals surface area contributed by atoms with Crippen molar-refractivity contribution in [3.05, 3.63) is 65.0 Å². The van der Waals surface area contributed by atoms with Crippen LogP contribution in [0.4, 0.5) is 0 Å². The van der Waals surface area contributed by atoms with Gasteiger partial charge in [-0.15, -0.1) is 11.3 Å². The molecule has 0 spiro atoms. The van der Waals surface area contributed by atoms with Crippen LogP contribution in [0.15, 0.2) is 54.6 Å². The summed E-state index contributed by atoms with van der Waals surface area (Å²) in [5.41, 5.74) is 6.79. The van der Waals surface area contributed by atoms with E-state index < -0.39 is 0 Å². The van der Waals surface area contributed by atoms with E-state index in [9.17, 15) is 0 Å². The molecule has 2 aromatic carbocycles. The maximum Gasteiger partial charge on any atom is 0.133 e. The molecule has 3 N–H and O–H groups in total. The van der Waals surface area contributed by atoms with Gasteiger partial charge in [-0.1, -0.05) is 30.3 Å². The zero-order chi connectivity index (χ0) is 14.7. The zero-order valence-electron chi connectivity index (χ0n) is 11.5. The summed E-state index contributed by atoms with van der Waals surface area (Å²) in [6.07, 6.45) is 0.891. The van der Waals surface area contributed by atoms with Crippen molar-refractivity contribution in [3.63, 3.8) is 0 Å². The summed E-state index contributed by atoms with van der Waals surface area (Å²) in [6.45, 7) is 0.653. The number of nitrogens with two attached hydrogens (primary N) is 1. The van der Waals surface area contributed by atoms with Crippen molar-refractivity contribution < 1.29 is 4.74 Å². The minimum absolute atomic E-state index is 0.114. The first-order valence-electron chi connectivity index (χ1n) is 6.77. The first-order chi connectivity index (χ1) is 10.2. The van der Waals surface area contributed by atoms with E-state index in [2.05, 4.69) is 12.1 Å². The van der Waals surface area contributed by atoms with Crippen LogP contribution < -0.4 is 10.5 Å². The lowest BCUT2D eigenvalue weighted by atomic mass is 10.2. The van der Waals surface area contributed by atoms with E-state index in [1.165, 1.54) is 16.9 Å². The molecule has 1 heterocycles. The fourth-order valence-corrected chi connectivity index (χ4v) is 3.12. The lowest BCUT2D eigenvalue weighted by molar-refractivity contribution is 0.322. The average molecular weight is 296 g/mol. The second-order valence-corrected chi connectivity index (χ2v) is 5.89. The minimum Gasteiger partial charge on any atom is -0.493 e. The lowest BCUT2D eigenvalue weighted by Gasteiger charge is -2.06. The number of ether oxygens (including phenoxy) is 1. The summed E-state index contributed by atoms with van der Waals surface area (Å²) in [5, 5.41) is 8.58. The van der Waals surface area contributed by atoms with Crippen LogP contribution in [0.25, 0.3) is 10.1 Å². The quantitative estimate of drug-likeness (QED) is 0.555. The van der Waals surface area contributed by atoms with Crippen molar-refractivity contribution in [2.45, 2.75) is 6.42 Å². The fourth-order valence-electron chi connectivity index (χ4n) is 2.17. The van der Waals surface area contributed by atoms with Crippen LogP contribution in [0.1, 0.15) is 10.4 Å². The van der Waals surface area contributed by atoms with Crippen molar-refractivity contribution in [2.24, 2.45) is 5.73 Å². The van der Waals surface area contributed by atoms with E-state index in [1.807, 2.05) is 42.5 Å². The number of hydrogen-bond acceptors (Lipinski definition) is 3. The summed E-state index contributed by atoms with van der Waals surface area (Å²) >= 11 is 1.52. The fraction of sp³-hybridized carbons (Fsp3) is 0.118. The maximum absolute atomic E-state index is 7.48. The van der Waals surface area contributed by atoms with Gasteiger partial charge >= 0.3 is 0 Å². The average Bonchev–Trinajstić information content (AvgIpc) is 2.92. The number of thiophene rings is 1.